The molecule has 0 spiro atoms. The predicted octanol–water partition coefficient (Wildman–Crippen LogP) is 5.70. The Hall–Kier alpha value is -0.210. The Labute approximate surface area is 118 Å². The van der Waals surface area contributed by atoms with Gasteiger partial charge in [-0.15, -0.1) is 0 Å². The predicted molar refractivity (Wildman–Crippen MR) is 73.3 cm³/mol. The van der Waals surface area contributed by atoms with Crippen molar-refractivity contribution < 1.29 is 0 Å². The molecule has 0 N–H and O–H groups in total. The van der Waals surface area contributed by atoms with Crippen molar-refractivity contribution in [1.29, 1.82) is 0 Å². The number of halogens is 4. The molecule has 4 heteroatoms. The van der Waals surface area contributed by atoms with Crippen molar-refractivity contribution in [3.05, 3.63) is 68.1 Å². The van der Waals surface area contributed by atoms with Gasteiger partial charge in [-0.05, 0) is 30.3 Å². The van der Waals surface area contributed by atoms with E-state index in [4.69, 9.17) is 34.8 Å². The maximum Gasteiger partial charge on any atom is 0.0672 e. The number of hydrogen-bond donors (Lipinski definition) is 0. The summed E-state index contributed by atoms with van der Waals surface area (Å²) in [4.78, 5) is 0. The second-order valence-electron chi connectivity index (χ2n) is 2.70. The van der Waals surface area contributed by atoms with E-state index in [1.807, 2.05) is 24.3 Å². The SMILES string of the molecule is Brc1cc[c]cc1.Clc1c[c]c(Cl)c(Cl)c1. The summed E-state index contributed by atoms with van der Waals surface area (Å²) in [5.41, 5.74) is 0. The molecule has 0 fully saturated rings. The van der Waals surface area contributed by atoms with E-state index in [9.17, 15) is 0 Å². The minimum Gasteiger partial charge on any atom is -0.0843 e. The summed E-state index contributed by atoms with van der Waals surface area (Å²) in [5, 5.41) is 1.38. The molecule has 2 rings (SSSR count). The van der Waals surface area contributed by atoms with Crippen molar-refractivity contribution in [1.82, 2.24) is 0 Å². The minimum absolute atomic E-state index is 0.404. The lowest BCUT2D eigenvalue weighted by Crippen LogP contribution is -1.67. The zero-order chi connectivity index (χ0) is 12.0. The van der Waals surface area contributed by atoms with Crippen molar-refractivity contribution in [3.8, 4) is 0 Å². The maximum atomic E-state index is 5.57. The summed E-state index contributed by atoms with van der Waals surface area (Å²) in [6, 6.07) is 16.3. The van der Waals surface area contributed by atoms with Crippen molar-refractivity contribution in [3.63, 3.8) is 0 Å². The Bertz CT molecular complexity index is 443. The van der Waals surface area contributed by atoms with Gasteiger partial charge >= 0.3 is 0 Å². The van der Waals surface area contributed by atoms with Crippen molar-refractivity contribution in [2.75, 3.05) is 0 Å². The van der Waals surface area contributed by atoms with Crippen molar-refractivity contribution >= 4 is 50.7 Å². The van der Waals surface area contributed by atoms with E-state index in [2.05, 4.69) is 28.1 Å². The van der Waals surface area contributed by atoms with Gasteiger partial charge in [0.2, 0.25) is 0 Å². The fraction of sp³-hybridized carbons (Fsp3) is 0. The van der Waals surface area contributed by atoms with Crippen LogP contribution in [0.1, 0.15) is 0 Å². The standard InChI is InChI=1S/C6H4Br.C6H2Cl3/c7-6-4-2-1-3-5-6;7-4-1-2-5(8)6(9)3-4/h2-5H;1,3H. The summed E-state index contributed by atoms with van der Waals surface area (Å²) in [6.45, 7) is 0. The summed E-state index contributed by atoms with van der Waals surface area (Å²) >= 11 is 19.9. The van der Waals surface area contributed by atoms with E-state index in [-0.39, 0.29) is 0 Å². The molecule has 0 heterocycles. The zero-order valence-corrected chi connectivity index (χ0v) is 11.8. The molecule has 2 aromatic carbocycles. The molecule has 2 aromatic rings. The summed E-state index contributed by atoms with van der Waals surface area (Å²) in [5.74, 6) is 0. The van der Waals surface area contributed by atoms with Gasteiger partial charge in [-0.25, -0.2) is 0 Å². The van der Waals surface area contributed by atoms with Crippen LogP contribution in [0.4, 0.5) is 0 Å². The van der Waals surface area contributed by atoms with Crippen LogP contribution in [-0.4, -0.2) is 0 Å². The van der Waals surface area contributed by atoms with E-state index in [1.54, 1.807) is 12.1 Å². The fourth-order valence-electron chi connectivity index (χ4n) is 0.794. The molecular formula is C12H6BrCl3. The van der Waals surface area contributed by atoms with E-state index in [0.717, 1.165) is 4.47 Å². The first-order valence-electron chi connectivity index (χ1n) is 4.23. The Kier molecular flexibility index (Phi) is 6.22. The molecule has 0 aliphatic carbocycles. The third-order valence-electron chi connectivity index (χ3n) is 1.49. The second-order valence-corrected chi connectivity index (χ2v) is 4.84. The number of rotatable bonds is 0. The normalized spacial score (nSPS) is 9.25. The smallest absolute Gasteiger partial charge is 0.0672 e. The number of hydrogen-bond acceptors (Lipinski definition) is 0. The van der Waals surface area contributed by atoms with E-state index in [1.165, 1.54) is 0 Å². The molecule has 82 valence electrons. The van der Waals surface area contributed by atoms with Gasteiger partial charge < -0.3 is 0 Å². The summed E-state index contributed by atoms with van der Waals surface area (Å²) < 4.78 is 1.10. The average molecular weight is 336 g/mol. The third-order valence-corrected chi connectivity index (χ3v) is 2.94. The summed E-state index contributed by atoms with van der Waals surface area (Å²) in [6.07, 6.45) is 0. The first-order valence-corrected chi connectivity index (χ1v) is 6.16. The van der Waals surface area contributed by atoms with Gasteiger partial charge in [-0.1, -0.05) is 62.9 Å². The van der Waals surface area contributed by atoms with Gasteiger partial charge in [-0.2, -0.15) is 0 Å². The van der Waals surface area contributed by atoms with E-state index >= 15 is 0 Å². The Morgan fingerprint density at radius 2 is 1.69 bits per heavy atom. The molecule has 0 aromatic heterocycles. The molecular weight excluding hydrogens is 330 g/mol. The summed E-state index contributed by atoms with van der Waals surface area (Å²) in [7, 11) is 0. The van der Waals surface area contributed by atoms with Crippen LogP contribution >= 0.6 is 50.7 Å². The van der Waals surface area contributed by atoms with Crippen LogP contribution in [0.3, 0.4) is 0 Å². The number of benzene rings is 2. The van der Waals surface area contributed by atoms with E-state index in [0.29, 0.717) is 15.1 Å². The van der Waals surface area contributed by atoms with Crippen LogP contribution in [-0.2, 0) is 0 Å². The largest absolute Gasteiger partial charge is 0.0843 e. The van der Waals surface area contributed by atoms with Crippen LogP contribution in [0.5, 0.6) is 0 Å². The van der Waals surface area contributed by atoms with Crippen LogP contribution in [0.2, 0.25) is 15.1 Å². The van der Waals surface area contributed by atoms with Gasteiger partial charge in [0.1, 0.15) is 0 Å². The highest BCUT2D eigenvalue weighted by Gasteiger charge is 1.95. The molecule has 0 aliphatic rings. The Balaban J connectivity index is 0.000000165. The highest BCUT2D eigenvalue weighted by Crippen LogP contribution is 2.23. The molecule has 2 radical (unpaired) electrons. The topological polar surface area (TPSA) is 0 Å². The van der Waals surface area contributed by atoms with Gasteiger partial charge in [0, 0.05) is 15.6 Å². The lowest BCUT2D eigenvalue weighted by molar-refractivity contribution is 1.64. The molecule has 0 bridgehead atoms. The lowest BCUT2D eigenvalue weighted by Gasteiger charge is -1.92. The van der Waals surface area contributed by atoms with Gasteiger partial charge in [0.25, 0.3) is 0 Å². The first kappa shape index (κ1) is 13.9. The highest BCUT2D eigenvalue weighted by molar-refractivity contribution is 9.10. The van der Waals surface area contributed by atoms with Crippen LogP contribution < -0.4 is 0 Å². The van der Waals surface area contributed by atoms with Crippen molar-refractivity contribution in [2.24, 2.45) is 0 Å². The maximum absolute atomic E-state index is 5.57. The van der Waals surface area contributed by atoms with Crippen LogP contribution in [0.25, 0.3) is 0 Å². The molecule has 0 saturated carbocycles. The average Bonchev–Trinajstić information content (AvgIpc) is 2.26. The quantitative estimate of drug-likeness (QED) is 0.542. The minimum atomic E-state index is 0.404. The lowest BCUT2D eigenvalue weighted by atomic mass is 10.4. The Morgan fingerprint density at radius 3 is 2.06 bits per heavy atom. The first-order chi connectivity index (χ1) is 7.59. The molecule has 16 heavy (non-hydrogen) atoms. The van der Waals surface area contributed by atoms with Gasteiger partial charge in [0.15, 0.2) is 0 Å². The molecule has 0 unspecified atom stereocenters. The van der Waals surface area contributed by atoms with Crippen LogP contribution in [0, 0.1) is 12.1 Å². The highest BCUT2D eigenvalue weighted by atomic mass is 79.9. The van der Waals surface area contributed by atoms with Gasteiger partial charge in [-0.3, -0.25) is 0 Å². The monoisotopic (exact) mass is 334 g/mol. The molecule has 0 amide bonds. The molecule has 0 atom stereocenters. The zero-order valence-electron chi connectivity index (χ0n) is 7.98. The van der Waals surface area contributed by atoms with Gasteiger partial charge in [0.05, 0.1) is 10.0 Å². The second kappa shape index (κ2) is 7.18. The molecule has 0 nitrogen and oxygen atoms in total. The Morgan fingerprint density at radius 1 is 1.06 bits per heavy atom. The van der Waals surface area contributed by atoms with E-state index < -0.39 is 0 Å². The van der Waals surface area contributed by atoms with Crippen molar-refractivity contribution in [2.45, 2.75) is 0 Å². The molecule has 0 aliphatic heterocycles. The third kappa shape index (κ3) is 5.22. The fourth-order valence-corrected chi connectivity index (χ4v) is 1.56. The molecule has 0 saturated heterocycles. The van der Waals surface area contributed by atoms with Crippen LogP contribution in [0.15, 0.2) is 40.9 Å².